The van der Waals surface area contributed by atoms with Crippen molar-refractivity contribution in [1.29, 1.82) is 0 Å². The highest BCUT2D eigenvalue weighted by atomic mass is 16.5. The first-order valence-electron chi connectivity index (χ1n) is 9.44. The Morgan fingerprint density at radius 3 is 2.67 bits per heavy atom. The van der Waals surface area contributed by atoms with Gasteiger partial charge in [0.15, 0.2) is 0 Å². The molecule has 24 heavy (non-hydrogen) atoms. The summed E-state index contributed by atoms with van der Waals surface area (Å²) in [5.41, 5.74) is 1.28. The van der Waals surface area contributed by atoms with E-state index in [4.69, 9.17) is 9.47 Å². The SMILES string of the molecule is OC[C@]12COCC[C@H]1CN(Cc1ccc(OC3CCCC3)cc1)C2. The fraction of sp³-hybridized carbons (Fsp3) is 0.700. The molecular formula is C20H29NO3. The largest absolute Gasteiger partial charge is 0.490 e. The van der Waals surface area contributed by atoms with E-state index < -0.39 is 0 Å². The van der Waals surface area contributed by atoms with Gasteiger partial charge in [-0.1, -0.05) is 12.1 Å². The third-order valence-corrected chi connectivity index (χ3v) is 6.13. The highest BCUT2D eigenvalue weighted by Gasteiger charge is 2.47. The molecule has 0 spiro atoms. The number of likely N-dealkylation sites (tertiary alicyclic amines) is 1. The van der Waals surface area contributed by atoms with Crippen LogP contribution in [0.1, 0.15) is 37.7 Å². The van der Waals surface area contributed by atoms with E-state index in [2.05, 4.69) is 29.2 Å². The molecule has 3 aliphatic rings. The minimum atomic E-state index is -0.0379. The molecule has 1 aliphatic carbocycles. The zero-order chi connectivity index (χ0) is 16.4. The average Bonchev–Trinajstić information content (AvgIpc) is 3.24. The molecule has 1 N–H and O–H groups in total. The summed E-state index contributed by atoms with van der Waals surface area (Å²) in [6.07, 6.45) is 6.49. The molecule has 2 heterocycles. The van der Waals surface area contributed by atoms with Crippen LogP contribution >= 0.6 is 0 Å². The normalized spacial score (nSPS) is 31.3. The second kappa shape index (κ2) is 7.03. The topological polar surface area (TPSA) is 41.9 Å². The molecule has 1 saturated carbocycles. The van der Waals surface area contributed by atoms with Crippen LogP contribution in [0.2, 0.25) is 0 Å². The van der Waals surface area contributed by atoms with Crippen molar-refractivity contribution in [2.45, 2.75) is 44.8 Å². The lowest BCUT2D eigenvalue weighted by atomic mass is 9.76. The van der Waals surface area contributed by atoms with Gasteiger partial charge in [-0.15, -0.1) is 0 Å². The van der Waals surface area contributed by atoms with Gasteiger partial charge in [-0.3, -0.25) is 4.90 Å². The van der Waals surface area contributed by atoms with Crippen LogP contribution in [-0.4, -0.2) is 49.0 Å². The van der Waals surface area contributed by atoms with Gasteiger partial charge in [0.1, 0.15) is 5.75 Å². The van der Waals surface area contributed by atoms with Gasteiger partial charge in [0.2, 0.25) is 0 Å². The van der Waals surface area contributed by atoms with Crippen LogP contribution in [0, 0.1) is 11.3 Å². The van der Waals surface area contributed by atoms with Crippen LogP contribution in [0.4, 0.5) is 0 Å². The third kappa shape index (κ3) is 3.32. The molecule has 4 nitrogen and oxygen atoms in total. The lowest BCUT2D eigenvalue weighted by Crippen LogP contribution is -2.42. The fourth-order valence-electron chi connectivity index (χ4n) is 4.68. The molecule has 0 bridgehead atoms. The van der Waals surface area contributed by atoms with Gasteiger partial charge < -0.3 is 14.6 Å². The zero-order valence-corrected chi connectivity index (χ0v) is 14.5. The number of rotatable bonds is 5. The van der Waals surface area contributed by atoms with Crippen LogP contribution in [0.25, 0.3) is 0 Å². The Morgan fingerprint density at radius 2 is 1.96 bits per heavy atom. The summed E-state index contributed by atoms with van der Waals surface area (Å²) in [6.45, 7) is 4.75. The van der Waals surface area contributed by atoms with Gasteiger partial charge in [-0.25, -0.2) is 0 Å². The van der Waals surface area contributed by atoms with Crippen molar-refractivity contribution in [2.75, 3.05) is 32.9 Å². The summed E-state index contributed by atoms with van der Waals surface area (Å²) in [5, 5.41) is 9.88. The van der Waals surface area contributed by atoms with Crippen molar-refractivity contribution >= 4 is 0 Å². The van der Waals surface area contributed by atoms with E-state index in [0.29, 0.717) is 18.6 Å². The van der Waals surface area contributed by atoms with E-state index in [1.54, 1.807) is 0 Å². The van der Waals surface area contributed by atoms with Crippen LogP contribution in [0.15, 0.2) is 24.3 Å². The molecule has 1 aromatic rings. The number of aliphatic hydroxyl groups is 1. The average molecular weight is 331 g/mol. The minimum absolute atomic E-state index is 0.0379. The van der Waals surface area contributed by atoms with Crippen molar-refractivity contribution in [3.63, 3.8) is 0 Å². The van der Waals surface area contributed by atoms with E-state index in [-0.39, 0.29) is 12.0 Å². The number of nitrogens with zero attached hydrogens (tertiary/aromatic N) is 1. The Morgan fingerprint density at radius 1 is 1.17 bits per heavy atom. The highest BCUT2D eigenvalue weighted by molar-refractivity contribution is 5.27. The minimum Gasteiger partial charge on any atom is -0.490 e. The van der Waals surface area contributed by atoms with E-state index in [1.165, 1.54) is 31.2 Å². The quantitative estimate of drug-likeness (QED) is 0.901. The maximum absolute atomic E-state index is 9.88. The van der Waals surface area contributed by atoms with Crippen molar-refractivity contribution in [3.05, 3.63) is 29.8 Å². The van der Waals surface area contributed by atoms with Crippen LogP contribution < -0.4 is 4.74 Å². The van der Waals surface area contributed by atoms with Gasteiger partial charge in [-0.05, 0) is 55.7 Å². The number of hydrogen-bond donors (Lipinski definition) is 1. The molecule has 2 atom stereocenters. The lowest BCUT2D eigenvalue weighted by Gasteiger charge is -2.36. The number of ether oxygens (including phenoxy) is 2. The smallest absolute Gasteiger partial charge is 0.119 e. The monoisotopic (exact) mass is 331 g/mol. The maximum Gasteiger partial charge on any atom is 0.119 e. The Bertz CT molecular complexity index is 540. The zero-order valence-electron chi connectivity index (χ0n) is 14.5. The van der Waals surface area contributed by atoms with Gasteiger partial charge in [-0.2, -0.15) is 0 Å². The predicted octanol–water partition coefficient (Wildman–Crippen LogP) is 2.84. The standard InChI is InChI=1S/C20H29NO3/c22-14-20-13-21(12-17(20)9-10-23-15-20)11-16-5-7-19(8-6-16)24-18-3-1-2-4-18/h5-8,17-18,22H,1-4,9-15H2/t17-,20+/m0/s1. The summed E-state index contributed by atoms with van der Waals surface area (Å²) in [4.78, 5) is 2.47. The van der Waals surface area contributed by atoms with E-state index in [9.17, 15) is 5.11 Å². The summed E-state index contributed by atoms with van der Waals surface area (Å²) in [6, 6.07) is 8.60. The van der Waals surface area contributed by atoms with Gasteiger partial charge in [0, 0.05) is 31.7 Å². The first kappa shape index (κ1) is 16.4. The summed E-state index contributed by atoms with van der Waals surface area (Å²) in [5.74, 6) is 1.57. The third-order valence-electron chi connectivity index (χ3n) is 6.13. The first-order chi connectivity index (χ1) is 11.8. The number of aliphatic hydroxyl groups excluding tert-OH is 1. The van der Waals surface area contributed by atoms with Crippen molar-refractivity contribution in [1.82, 2.24) is 4.90 Å². The summed E-state index contributed by atoms with van der Waals surface area (Å²) < 4.78 is 11.7. The Kier molecular flexibility index (Phi) is 4.79. The van der Waals surface area contributed by atoms with Crippen LogP contribution in [0.3, 0.4) is 0 Å². The highest BCUT2D eigenvalue weighted by Crippen LogP contribution is 2.41. The van der Waals surface area contributed by atoms with Crippen LogP contribution in [0.5, 0.6) is 5.75 Å². The molecular weight excluding hydrogens is 302 g/mol. The molecule has 0 unspecified atom stereocenters. The van der Waals surface area contributed by atoms with Gasteiger partial charge >= 0.3 is 0 Å². The molecule has 0 amide bonds. The predicted molar refractivity (Wildman–Crippen MR) is 93.0 cm³/mol. The van der Waals surface area contributed by atoms with E-state index in [1.807, 2.05) is 0 Å². The molecule has 4 rings (SSSR count). The Hall–Kier alpha value is -1.10. The van der Waals surface area contributed by atoms with E-state index >= 15 is 0 Å². The molecule has 0 radical (unpaired) electrons. The van der Waals surface area contributed by atoms with Crippen molar-refractivity contribution < 1.29 is 14.6 Å². The molecule has 1 aromatic carbocycles. The molecule has 2 aliphatic heterocycles. The second-order valence-corrected chi connectivity index (χ2v) is 7.90. The number of hydrogen-bond acceptors (Lipinski definition) is 4. The molecule has 0 aromatic heterocycles. The Balaban J connectivity index is 1.35. The van der Waals surface area contributed by atoms with Gasteiger partial charge in [0.25, 0.3) is 0 Å². The summed E-state index contributed by atoms with van der Waals surface area (Å²) in [7, 11) is 0. The Labute approximate surface area is 144 Å². The lowest BCUT2D eigenvalue weighted by molar-refractivity contribution is -0.0561. The fourth-order valence-corrected chi connectivity index (χ4v) is 4.68. The van der Waals surface area contributed by atoms with E-state index in [0.717, 1.165) is 38.4 Å². The molecule has 4 heteroatoms. The van der Waals surface area contributed by atoms with Crippen molar-refractivity contribution in [3.8, 4) is 5.75 Å². The molecule has 2 saturated heterocycles. The second-order valence-electron chi connectivity index (χ2n) is 7.90. The molecule has 132 valence electrons. The first-order valence-corrected chi connectivity index (χ1v) is 9.44. The van der Waals surface area contributed by atoms with Gasteiger partial charge in [0.05, 0.1) is 19.3 Å². The summed E-state index contributed by atoms with van der Waals surface area (Å²) >= 11 is 0. The number of benzene rings is 1. The number of fused-ring (bicyclic) bond motifs is 1. The molecule has 3 fully saturated rings. The van der Waals surface area contributed by atoms with Crippen LogP contribution in [-0.2, 0) is 11.3 Å². The maximum atomic E-state index is 9.88. The van der Waals surface area contributed by atoms with Crippen molar-refractivity contribution in [2.24, 2.45) is 11.3 Å².